The summed E-state index contributed by atoms with van der Waals surface area (Å²) in [5.41, 5.74) is 0.182. The SMILES string of the molecule is CCCCCCCC(=O)O[C@H]1/C(=C/C(=O)OC)C[C@H]2C[C@H](CO)OC(=O)CCOc3ccc(-c4ccc(OC)cc4)cc3C(=O)OCC(C)(C)[C@]1(O)O2. The Morgan fingerprint density at radius 3 is 2.38 bits per heavy atom. The van der Waals surface area contributed by atoms with Crippen molar-refractivity contribution < 1.29 is 62.5 Å². The third-order valence-corrected chi connectivity index (χ3v) is 9.49. The number of unbranched alkanes of at least 4 members (excludes halogenated alkanes) is 4. The van der Waals surface area contributed by atoms with E-state index < -0.39 is 66.6 Å². The van der Waals surface area contributed by atoms with Crippen LogP contribution in [0.4, 0.5) is 0 Å². The fourth-order valence-electron chi connectivity index (χ4n) is 6.34. The van der Waals surface area contributed by atoms with Gasteiger partial charge in [0.2, 0.25) is 5.79 Å². The molecule has 290 valence electrons. The van der Waals surface area contributed by atoms with Crippen LogP contribution >= 0.6 is 0 Å². The van der Waals surface area contributed by atoms with Crippen LogP contribution in [-0.4, -0.2) is 92.2 Å². The van der Waals surface area contributed by atoms with Gasteiger partial charge in [0.25, 0.3) is 0 Å². The molecule has 2 aliphatic rings. The van der Waals surface area contributed by atoms with Gasteiger partial charge in [0.15, 0.2) is 6.10 Å². The molecule has 0 amide bonds. The molecule has 0 spiro atoms. The third kappa shape index (κ3) is 10.8. The van der Waals surface area contributed by atoms with Gasteiger partial charge in [-0.1, -0.05) is 64.7 Å². The average molecular weight is 741 g/mol. The van der Waals surface area contributed by atoms with Crippen molar-refractivity contribution in [1.82, 2.24) is 0 Å². The molecule has 4 atom stereocenters. The van der Waals surface area contributed by atoms with Gasteiger partial charge in [-0.25, -0.2) is 9.59 Å². The number of carbonyl (C=O) groups excluding carboxylic acids is 4. The van der Waals surface area contributed by atoms with E-state index in [0.29, 0.717) is 17.7 Å². The first-order chi connectivity index (χ1) is 25.3. The van der Waals surface area contributed by atoms with Crippen LogP contribution in [0.3, 0.4) is 0 Å². The van der Waals surface area contributed by atoms with Gasteiger partial charge in [-0.05, 0) is 53.8 Å². The highest BCUT2D eigenvalue weighted by atomic mass is 16.7. The number of cyclic esters (lactones) is 2. The summed E-state index contributed by atoms with van der Waals surface area (Å²) >= 11 is 0. The lowest BCUT2D eigenvalue weighted by Gasteiger charge is -2.51. The standard InChI is InChI=1S/C40H52O13/c1-6-7-8-9-10-11-34(42)52-37-28(22-36(44)48-5)20-30-23-31(24-41)51-35(43)18-19-49-33-17-14-27(26-12-15-29(47-4)16-13-26)21-32(33)38(45)50-25-39(2,3)40(37,46)53-30/h12-17,21-22,30-31,37,41,46H,6-11,18-20,23-25H2,1-5H3/b28-22+/t30-,31+,37-,40+/m0/s1. The summed E-state index contributed by atoms with van der Waals surface area (Å²) in [6.45, 7) is 4.10. The lowest BCUT2D eigenvalue weighted by Crippen LogP contribution is -2.63. The predicted octanol–water partition coefficient (Wildman–Crippen LogP) is 5.47. The fourth-order valence-corrected chi connectivity index (χ4v) is 6.34. The van der Waals surface area contributed by atoms with Crippen molar-refractivity contribution in [2.75, 3.05) is 34.0 Å². The molecule has 0 radical (unpaired) electrons. The number of hydrogen-bond acceptors (Lipinski definition) is 13. The minimum atomic E-state index is -2.39. The van der Waals surface area contributed by atoms with E-state index in [1.165, 1.54) is 7.11 Å². The second-order valence-electron chi connectivity index (χ2n) is 13.9. The van der Waals surface area contributed by atoms with Gasteiger partial charge in [0.05, 0.1) is 45.4 Å². The van der Waals surface area contributed by atoms with Crippen LogP contribution in [0.25, 0.3) is 11.1 Å². The van der Waals surface area contributed by atoms with Crippen molar-refractivity contribution in [3.63, 3.8) is 0 Å². The maximum Gasteiger partial charge on any atom is 0.341 e. The molecule has 53 heavy (non-hydrogen) atoms. The van der Waals surface area contributed by atoms with Crippen molar-refractivity contribution in [1.29, 1.82) is 0 Å². The highest BCUT2D eigenvalue weighted by molar-refractivity contribution is 5.94. The monoisotopic (exact) mass is 740 g/mol. The second-order valence-corrected chi connectivity index (χ2v) is 13.9. The smallest absolute Gasteiger partial charge is 0.341 e. The number of ether oxygens (including phenoxy) is 7. The topological polar surface area (TPSA) is 173 Å². The Bertz CT molecular complexity index is 1600. The first kappa shape index (κ1) is 41.3. The summed E-state index contributed by atoms with van der Waals surface area (Å²) in [6, 6.07) is 12.2. The van der Waals surface area contributed by atoms with Crippen LogP contribution in [0.5, 0.6) is 11.5 Å². The zero-order chi connectivity index (χ0) is 38.6. The Morgan fingerprint density at radius 1 is 0.981 bits per heavy atom. The minimum Gasteiger partial charge on any atom is -0.497 e. The van der Waals surface area contributed by atoms with E-state index in [0.717, 1.165) is 37.3 Å². The van der Waals surface area contributed by atoms with Gasteiger partial charge in [0, 0.05) is 18.9 Å². The zero-order valence-electron chi connectivity index (χ0n) is 31.2. The lowest BCUT2D eigenvalue weighted by atomic mass is 9.75. The van der Waals surface area contributed by atoms with Crippen LogP contribution in [0.15, 0.2) is 54.1 Å². The molecular formula is C40H52O13. The molecule has 1 saturated heterocycles. The Morgan fingerprint density at radius 2 is 1.70 bits per heavy atom. The van der Waals surface area contributed by atoms with Crippen molar-refractivity contribution in [2.45, 2.75) is 103 Å². The maximum absolute atomic E-state index is 13.9. The molecular weight excluding hydrogens is 688 g/mol. The molecule has 0 saturated carbocycles. The summed E-state index contributed by atoms with van der Waals surface area (Å²) in [6.07, 6.45) is 1.76. The van der Waals surface area contributed by atoms with Crippen LogP contribution in [-0.2, 0) is 38.1 Å². The molecule has 2 aromatic carbocycles. The number of carbonyl (C=O) groups is 4. The van der Waals surface area contributed by atoms with Crippen molar-refractivity contribution in [2.24, 2.45) is 5.41 Å². The predicted molar refractivity (Wildman–Crippen MR) is 192 cm³/mol. The van der Waals surface area contributed by atoms with Crippen molar-refractivity contribution >= 4 is 23.9 Å². The van der Waals surface area contributed by atoms with Crippen LogP contribution in [0, 0.1) is 5.41 Å². The normalized spacial score (nSPS) is 24.2. The first-order valence-corrected chi connectivity index (χ1v) is 18.1. The largest absolute Gasteiger partial charge is 0.497 e. The minimum absolute atomic E-state index is 0.0413. The summed E-state index contributed by atoms with van der Waals surface area (Å²) < 4.78 is 39.7. The van der Waals surface area contributed by atoms with E-state index in [2.05, 4.69) is 6.92 Å². The van der Waals surface area contributed by atoms with Gasteiger partial charge in [0.1, 0.15) is 29.8 Å². The number of hydrogen-bond donors (Lipinski definition) is 2. The molecule has 1 fully saturated rings. The summed E-state index contributed by atoms with van der Waals surface area (Å²) in [5.74, 6) is -4.44. The van der Waals surface area contributed by atoms with Gasteiger partial charge >= 0.3 is 23.9 Å². The van der Waals surface area contributed by atoms with Crippen LogP contribution in [0.1, 0.15) is 88.9 Å². The van der Waals surface area contributed by atoms with E-state index in [-0.39, 0.29) is 49.2 Å². The van der Waals surface area contributed by atoms with Gasteiger partial charge in [-0.15, -0.1) is 0 Å². The van der Waals surface area contributed by atoms with Gasteiger partial charge in [-0.3, -0.25) is 9.59 Å². The number of benzene rings is 2. The highest BCUT2D eigenvalue weighted by Gasteiger charge is 2.59. The van der Waals surface area contributed by atoms with Gasteiger partial charge in [-0.2, -0.15) is 0 Å². The van der Waals surface area contributed by atoms with E-state index in [9.17, 15) is 29.4 Å². The molecule has 0 aromatic heterocycles. The maximum atomic E-state index is 13.9. The average Bonchev–Trinajstić information content (AvgIpc) is 3.14. The molecule has 2 N–H and O–H groups in total. The molecule has 0 unspecified atom stereocenters. The van der Waals surface area contributed by atoms with E-state index in [4.69, 9.17) is 33.2 Å². The quantitative estimate of drug-likeness (QED) is 0.129. The number of aliphatic hydroxyl groups is 2. The molecule has 2 aliphatic heterocycles. The molecule has 13 nitrogen and oxygen atoms in total. The highest BCUT2D eigenvalue weighted by Crippen LogP contribution is 2.46. The summed E-state index contributed by atoms with van der Waals surface area (Å²) in [4.78, 5) is 52.7. The number of rotatable bonds is 11. The second kappa shape index (κ2) is 19.0. The van der Waals surface area contributed by atoms with E-state index in [1.807, 2.05) is 12.1 Å². The van der Waals surface area contributed by atoms with E-state index >= 15 is 0 Å². The molecule has 4 rings (SSSR count). The Kier molecular flexibility index (Phi) is 14.8. The molecule has 0 aliphatic carbocycles. The number of methoxy groups -OCH3 is 2. The molecule has 2 aromatic rings. The summed E-state index contributed by atoms with van der Waals surface area (Å²) in [7, 11) is 2.75. The fraction of sp³-hybridized carbons (Fsp3) is 0.550. The zero-order valence-corrected chi connectivity index (χ0v) is 31.2. The van der Waals surface area contributed by atoms with Crippen LogP contribution < -0.4 is 9.47 Å². The molecule has 2 bridgehead atoms. The Balaban J connectivity index is 1.74. The lowest BCUT2D eigenvalue weighted by molar-refractivity contribution is -0.340. The van der Waals surface area contributed by atoms with Crippen LogP contribution in [0.2, 0.25) is 0 Å². The summed E-state index contributed by atoms with van der Waals surface area (Å²) in [5, 5.41) is 22.8. The van der Waals surface area contributed by atoms with Crippen molar-refractivity contribution in [3.8, 4) is 22.6 Å². The number of fused-ring (bicyclic) bond motifs is 3. The first-order valence-electron chi connectivity index (χ1n) is 18.1. The number of aliphatic hydroxyl groups excluding tert-OH is 1. The third-order valence-electron chi connectivity index (χ3n) is 9.49. The molecule has 13 heteroatoms. The van der Waals surface area contributed by atoms with E-state index in [1.54, 1.807) is 51.3 Å². The number of esters is 4. The Hall–Kier alpha value is -4.46. The molecule has 2 heterocycles. The van der Waals surface area contributed by atoms with Crippen molar-refractivity contribution in [3.05, 3.63) is 59.7 Å². The Labute approximate surface area is 310 Å². The van der Waals surface area contributed by atoms with Gasteiger partial charge < -0.3 is 43.4 Å².